The Hall–Kier alpha value is -1.56. The monoisotopic (exact) mass is 394 g/mol. The normalized spacial score (nSPS) is 20.7. The highest BCUT2D eigenvalue weighted by molar-refractivity contribution is 5.19. The topological polar surface area (TPSA) is 0 Å². The third-order valence-corrected chi connectivity index (χ3v) is 5.51. The molecule has 0 aromatic rings. The molecule has 0 bridgehead atoms. The Balaban J connectivity index is 2.25. The summed E-state index contributed by atoms with van der Waals surface area (Å²) in [5, 5.41) is 0. The molecule has 1 aliphatic rings. The van der Waals surface area contributed by atoms with Crippen LogP contribution in [0, 0.1) is 0 Å². The molecule has 0 aliphatic heterocycles. The van der Waals surface area contributed by atoms with Crippen molar-refractivity contribution in [2.75, 3.05) is 0 Å². The molecule has 0 heterocycles. The van der Waals surface area contributed by atoms with Crippen molar-refractivity contribution in [3.63, 3.8) is 0 Å². The first kappa shape index (κ1) is 25.5. The fourth-order valence-corrected chi connectivity index (χ4v) is 3.69. The van der Waals surface area contributed by atoms with E-state index in [-0.39, 0.29) is 0 Å². The minimum Gasteiger partial charge on any atom is -0.0845 e. The van der Waals surface area contributed by atoms with Crippen molar-refractivity contribution in [1.82, 2.24) is 0 Å². The van der Waals surface area contributed by atoms with Gasteiger partial charge in [0.2, 0.25) is 0 Å². The average molecular weight is 395 g/mol. The summed E-state index contributed by atoms with van der Waals surface area (Å²) in [6.45, 7) is 0. The van der Waals surface area contributed by atoms with Gasteiger partial charge in [-0.2, -0.15) is 0 Å². The van der Waals surface area contributed by atoms with Crippen LogP contribution in [0.25, 0.3) is 0 Å². The van der Waals surface area contributed by atoms with Gasteiger partial charge < -0.3 is 0 Å². The summed E-state index contributed by atoms with van der Waals surface area (Å²) < 4.78 is 0. The van der Waals surface area contributed by atoms with Crippen molar-refractivity contribution in [2.24, 2.45) is 0 Å². The van der Waals surface area contributed by atoms with Crippen molar-refractivity contribution >= 4 is 0 Å². The number of allylic oxidation sites excluding steroid dienone is 12. The SMILES string of the molecule is C1=CC=CC=CCCCCCCCCCCCCCCCCCC=CC=CC=C1. The summed E-state index contributed by atoms with van der Waals surface area (Å²) in [7, 11) is 0. The minimum absolute atomic E-state index is 1.21. The standard InChI is InChI=1S/C29H46/c1-2-4-6-8-10-12-14-16-18-20-22-24-26-28-29-27-25-23-21-19-17-15-13-11-9-7-5-3-1/h1-12H,13-29H2. The lowest BCUT2D eigenvalue weighted by Gasteiger charge is -2.03. The second kappa shape index (κ2) is 22.7. The third kappa shape index (κ3) is 21.0. The Labute approximate surface area is 182 Å². The molecule has 29 heavy (non-hydrogen) atoms. The van der Waals surface area contributed by atoms with Crippen LogP contribution < -0.4 is 0 Å². The summed E-state index contributed by atoms with van der Waals surface area (Å²) in [5.41, 5.74) is 0. The van der Waals surface area contributed by atoms with Gasteiger partial charge in [-0.1, -0.05) is 156 Å². The first-order valence-corrected chi connectivity index (χ1v) is 12.5. The van der Waals surface area contributed by atoms with Crippen molar-refractivity contribution in [3.05, 3.63) is 72.9 Å². The molecule has 0 fully saturated rings. The van der Waals surface area contributed by atoms with Gasteiger partial charge in [-0.3, -0.25) is 0 Å². The molecule has 0 aromatic carbocycles. The van der Waals surface area contributed by atoms with Gasteiger partial charge in [-0.05, 0) is 25.7 Å². The fraction of sp³-hybridized carbons (Fsp3) is 0.586. The number of rotatable bonds is 0. The maximum atomic E-state index is 2.30. The van der Waals surface area contributed by atoms with E-state index in [1.165, 1.54) is 109 Å². The van der Waals surface area contributed by atoms with Crippen LogP contribution >= 0.6 is 0 Å². The van der Waals surface area contributed by atoms with Crippen LogP contribution in [0.4, 0.5) is 0 Å². The van der Waals surface area contributed by atoms with Crippen molar-refractivity contribution < 1.29 is 0 Å². The van der Waals surface area contributed by atoms with E-state index >= 15 is 0 Å². The Kier molecular flexibility index (Phi) is 20.0. The third-order valence-electron chi connectivity index (χ3n) is 5.51. The van der Waals surface area contributed by atoms with E-state index in [1.807, 2.05) is 0 Å². The van der Waals surface area contributed by atoms with Crippen molar-refractivity contribution in [1.29, 1.82) is 0 Å². The predicted octanol–water partition coefficient (Wildman–Crippen LogP) is 9.97. The molecule has 0 spiro atoms. The van der Waals surface area contributed by atoms with Crippen LogP contribution in [0.5, 0.6) is 0 Å². The quantitative estimate of drug-likeness (QED) is 0.383. The minimum atomic E-state index is 1.21. The first-order valence-electron chi connectivity index (χ1n) is 12.5. The molecule has 0 saturated heterocycles. The Bertz CT molecular complexity index is 452. The van der Waals surface area contributed by atoms with E-state index in [9.17, 15) is 0 Å². The lowest BCUT2D eigenvalue weighted by atomic mass is 10.0. The molecular formula is C29H46. The van der Waals surface area contributed by atoms with Gasteiger partial charge in [0.15, 0.2) is 0 Å². The molecule has 0 aromatic heterocycles. The van der Waals surface area contributed by atoms with E-state index in [0.29, 0.717) is 0 Å². The largest absolute Gasteiger partial charge is 0.0845 e. The second-order valence-electron chi connectivity index (χ2n) is 8.28. The molecule has 0 atom stereocenters. The molecule has 0 saturated carbocycles. The summed E-state index contributed by atoms with van der Waals surface area (Å²) in [6, 6.07) is 0. The van der Waals surface area contributed by atoms with Crippen LogP contribution in [-0.2, 0) is 0 Å². The lowest BCUT2D eigenvalue weighted by molar-refractivity contribution is 0.531. The highest BCUT2D eigenvalue weighted by Gasteiger charge is 1.94. The maximum Gasteiger partial charge on any atom is -0.0348 e. The first-order chi connectivity index (χ1) is 14.5. The Morgan fingerprint density at radius 2 is 0.414 bits per heavy atom. The molecule has 0 N–H and O–H groups in total. The van der Waals surface area contributed by atoms with Crippen LogP contribution in [0.3, 0.4) is 0 Å². The van der Waals surface area contributed by atoms with Crippen molar-refractivity contribution in [2.45, 2.75) is 109 Å². The molecule has 0 amide bonds. The van der Waals surface area contributed by atoms with E-state index < -0.39 is 0 Å². The lowest BCUT2D eigenvalue weighted by Crippen LogP contribution is -1.83. The van der Waals surface area contributed by atoms with E-state index in [4.69, 9.17) is 0 Å². The molecule has 0 radical (unpaired) electrons. The average Bonchev–Trinajstić information content (AvgIpc) is 2.73. The molecule has 162 valence electrons. The number of hydrogen-bond acceptors (Lipinski definition) is 0. The predicted molar refractivity (Wildman–Crippen MR) is 133 cm³/mol. The van der Waals surface area contributed by atoms with Gasteiger partial charge in [0.1, 0.15) is 0 Å². The molecule has 1 rings (SSSR count). The summed E-state index contributed by atoms with van der Waals surface area (Å²) in [6.07, 6.45) is 49.5. The molecule has 0 nitrogen and oxygen atoms in total. The molecular weight excluding hydrogens is 348 g/mol. The zero-order valence-electron chi connectivity index (χ0n) is 18.9. The fourth-order valence-electron chi connectivity index (χ4n) is 3.69. The maximum absolute atomic E-state index is 2.30. The van der Waals surface area contributed by atoms with Crippen LogP contribution in [0.1, 0.15) is 109 Å². The van der Waals surface area contributed by atoms with Crippen LogP contribution in [0.2, 0.25) is 0 Å². The summed E-state index contributed by atoms with van der Waals surface area (Å²) in [5.74, 6) is 0. The molecule has 0 heteroatoms. The number of hydrogen-bond donors (Lipinski definition) is 0. The van der Waals surface area contributed by atoms with Gasteiger partial charge >= 0.3 is 0 Å². The Morgan fingerprint density at radius 1 is 0.207 bits per heavy atom. The van der Waals surface area contributed by atoms with E-state index in [1.54, 1.807) is 0 Å². The van der Waals surface area contributed by atoms with Gasteiger partial charge in [-0.25, -0.2) is 0 Å². The van der Waals surface area contributed by atoms with Gasteiger partial charge in [0.25, 0.3) is 0 Å². The zero-order chi connectivity index (χ0) is 20.5. The van der Waals surface area contributed by atoms with Crippen LogP contribution in [0.15, 0.2) is 72.9 Å². The van der Waals surface area contributed by atoms with Crippen molar-refractivity contribution in [3.8, 4) is 0 Å². The smallest absolute Gasteiger partial charge is 0.0348 e. The summed E-state index contributed by atoms with van der Waals surface area (Å²) >= 11 is 0. The molecule has 0 unspecified atom stereocenters. The molecule has 1 aliphatic carbocycles. The van der Waals surface area contributed by atoms with Gasteiger partial charge in [0.05, 0.1) is 0 Å². The zero-order valence-corrected chi connectivity index (χ0v) is 18.9. The van der Waals surface area contributed by atoms with E-state index in [0.717, 1.165) is 0 Å². The highest BCUT2D eigenvalue weighted by Crippen LogP contribution is 2.14. The highest BCUT2D eigenvalue weighted by atomic mass is 14.0. The van der Waals surface area contributed by atoms with Gasteiger partial charge in [0, 0.05) is 0 Å². The summed E-state index contributed by atoms with van der Waals surface area (Å²) in [4.78, 5) is 0. The van der Waals surface area contributed by atoms with Gasteiger partial charge in [-0.15, -0.1) is 0 Å². The second-order valence-corrected chi connectivity index (χ2v) is 8.28. The Morgan fingerprint density at radius 3 is 0.690 bits per heavy atom. The van der Waals surface area contributed by atoms with E-state index in [2.05, 4.69) is 72.9 Å². The van der Waals surface area contributed by atoms with Crippen LogP contribution in [-0.4, -0.2) is 0 Å².